The number of halogens is 1. The maximum atomic E-state index is 14.7. The van der Waals surface area contributed by atoms with Crippen molar-refractivity contribution in [2.75, 3.05) is 38.1 Å². The van der Waals surface area contributed by atoms with Gasteiger partial charge in [-0.2, -0.15) is 5.11 Å². The Balaban J connectivity index is 0.00000101. The number of aliphatic imine (C=N–C) groups is 1. The number of carbonyl (C=O) groups is 1. The van der Waals surface area contributed by atoms with Gasteiger partial charge in [0.2, 0.25) is 0 Å². The molecule has 0 saturated carbocycles. The molecule has 1 fully saturated rings. The summed E-state index contributed by atoms with van der Waals surface area (Å²) in [5.74, 6) is -0.487. The third-order valence-corrected chi connectivity index (χ3v) is 5.13. The lowest BCUT2D eigenvalue weighted by molar-refractivity contribution is 0.120. The zero-order chi connectivity index (χ0) is 24.8. The first kappa shape index (κ1) is 28.3. The van der Waals surface area contributed by atoms with Crippen molar-refractivity contribution < 1.29 is 13.9 Å². The van der Waals surface area contributed by atoms with Crippen molar-refractivity contribution in [1.82, 2.24) is 5.01 Å². The third-order valence-electron chi connectivity index (χ3n) is 4.07. The van der Waals surface area contributed by atoms with Crippen LogP contribution in [0.4, 0.5) is 14.9 Å². The molecule has 2 N–H and O–H groups in total. The highest BCUT2D eigenvalue weighted by Crippen LogP contribution is 2.28. The first-order valence-corrected chi connectivity index (χ1v) is 11.9. The Morgan fingerprint density at radius 2 is 2.09 bits per heavy atom. The molecule has 0 aliphatic carbocycles. The highest BCUT2D eigenvalue weighted by atomic mass is 32.2. The topological polar surface area (TPSA) is 95.9 Å². The van der Waals surface area contributed by atoms with E-state index in [4.69, 9.17) is 10.5 Å². The molecule has 1 unspecified atom stereocenters. The number of anilines is 1. The fraction of sp³-hybridized carbons (Fsp3) is 0.478. The SMILES string of the molecule is C=C(CN)SC(=NC)c1ccc(N2CC(CN3C=CCN=N3)OC2=O)cc1F.CC.CCC. The molecule has 1 amide bonds. The van der Waals surface area contributed by atoms with Gasteiger partial charge in [0.15, 0.2) is 0 Å². The van der Waals surface area contributed by atoms with Gasteiger partial charge in [0.1, 0.15) is 17.0 Å². The number of carbonyl (C=O) groups excluding carboxylic acids is 1. The zero-order valence-electron chi connectivity index (χ0n) is 20.1. The molecule has 182 valence electrons. The van der Waals surface area contributed by atoms with Crippen molar-refractivity contribution in [3.8, 4) is 0 Å². The minimum absolute atomic E-state index is 0.274. The van der Waals surface area contributed by atoms with Crippen LogP contribution in [-0.4, -0.2) is 55.5 Å². The predicted molar refractivity (Wildman–Crippen MR) is 135 cm³/mol. The van der Waals surface area contributed by atoms with Crippen LogP contribution in [0.2, 0.25) is 0 Å². The Morgan fingerprint density at radius 3 is 2.64 bits per heavy atom. The third kappa shape index (κ3) is 8.62. The molecule has 1 atom stereocenters. The quantitative estimate of drug-likeness (QED) is 0.438. The summed E-state index contributed by atoms with van der Waals surface area (Å²) in [5.41, 5.74) is 6.29. The Kier molecular flexibility index (Phi) is 13.0. The molecule has 0 radical (unpaired) electrons. The maximum absolute atomic E-state index is 14.7. The summed E-state index contributed by atoms with van der Waals surface area (Å²) in [6.45, 7) is 13.5. The average molecular weight is 479 g/mol. The van der Waals surface area contributed by atoms with Gasteiger partial charge < -0.3 is 10.5 Å². The van der Waals surface area contributed by atoms with Gasteiger partial charge in [0, 0.05) is 25.4 Å². The Labute approximate surface area is 200 Å². The van der Waals surface area contributed by atoms with Crippen molar-refractivity contribution in [2.45, 2.75) is 40.2 Å². The number of ether oxygens (including phenoxy) is 1. The first-order valence-electron chi connectivity index (χ1n) is 11.0. The highest BCUT2D eigenvalue weighted by molar-refractivity contribution is 8.17. The van der Waals surface area contributed by atoms with Crippen LogP contribution >= 0.6 is 11.8 Å². The fourth-order valence-electron chi connectivity index (χ4n) is 2.74. The number of hydrogen-bond acceptors (Lipinski definition) is 8. The van der Waals surface area contributed by atoms with Gasteiger partial charge in [-0.15, -0.1) is 0 Å². The molecule has 2 aliphatic rings. The second kappa shape index (κ2) is 15.2. The van der Waals surface area contributed by atoms with E-state index >= 15 is 0 Å². The molecule has 1 aromatic carbocycles. The van der Waals surface area contributed by atoms with Crippen LogP contribution < -0.4 is 10.6 Å². The minimum Gasteiger partial charge on any atom is -0.442 e. The molecule has 1 saturated heterocycles. The number of thioether (sulfide) groups is 1. The van der Waals surface area contributed by atoms with Crippen LogP contribution in [0.15, 0.2) is 57.3 Å². The summed E-state index contributed by atoms with van der Waals surface area (Å²) in [5, 5.41) is 9.96. The van der Waals surface area contributed by atoms with Crippen molar-refractivity contribution in [2.24, 2.45) is 21.1 Å². The lowest BCUT2D eigenvalue weighted by atomic mass is 10.2. The second-order valence-corrected chi connectivity index (χ2v) is 7.95. The van der Waals surface area contributed by atoms with Crippen molar-refractivity contribution >= 4 is 28.6 Å². The van der Waals surface area contributed by atoms with Crippen LogP contribution in [0.5, 0.6) is 0 Å². The summed E-state index contributed by atoms with van der Waals surface area (Å²) < 4.78 is 20.1. The van der Waals surface area contributed by atoms with Crippen LogP contribution in [-0.2, 0) is 4.74 Å². The highest BCUT2D eigenvalue weighted by Gasteiger charge is 2.34. The van der Waals surface area contributed by atoms with Crippen molar-refractivity contribution in [3.05, 3.63) is 53.3 Å². The smallest absolute Gasteiger partial charge is 0.414 e. The molecule has 8 nitrogen and oxygen atoms in total. The van der Waals surface area contributed by atoms with E-state index in [1.54, 1.807) is 30.4 Å². The summed E-state index contributed by atoms with van der Waals surface area (Å²) >= 11 is 1.22. The van der Waals surface area contributed by atoms with E-state index in [9.17, 15) is 9.18 Å². The zero-order valence-corrected chi connectivity index (χ0v) is 20.9. The monoisotopic (exact) mass is 478 g/mol. The standard InChI is InChI=1S/C18H21FN6O2S.C3H8.C2H6/c1-12(9-20)28-17(21-2)15-5-4-13(8-16(15)19)25-11-14(27-18(25)26)10-24-7-3-6-22-23-24;1-3-2;1-2/h3-5,7-8,14H,1,6,9-11,20H2,2H3;3H2,1-2H3;1-2H3. The van der Waals surface area contributed by atoms with E-state index in [1.165, 1.54) is 29.1 Å². The minimum atomic E-state index is -0.523. The van der Waals surface area contributed by atoms with Gasteiger partial charge in [-0.3, -0.25) is 14.9 Å². The van der Waals surface area contributed by atoms with E-state index in [2.05, 4.69) is 35.8 Å². The molecule has 0 aromatic heterocycles. The number of rotatable bonds is 6. The first-order chi connectivity index (χ1) is 15.9. The Hall–Kier alpha value is -2.72. The lowest BCUT2D eigenvalue weighted by Crippen LogP contribution is -2.30. The summed E-state index contributed by atoms with van der Waals surface area (Å²) in [4.78, 5) is 18.4. The van der Waals surface area contributed by atoms with Crippen LogP contribution in [0.25, 0.3) is 0 Å². The van der Waals surface area contributed by atoms with Gasteiger partial charge in [0.05, 0.1) is 25.3 Å². The Morgan fingerprint density at radius 1 is 1.39 bits per heavy atom. The lowest BCUT2D eigenvalue weighted by Gasteiger charge is -2.18. The predicted octanol–water partition coefficient (Wildman–Crippen LogP) is 5.37. The normalized spacial score (nSPS) is 17.1. The number of nitrogens with zero attached hydrogens (tertiary/aromatic N) is 5. The molecule has 0 bridgehead atoms. The van der Waals surface area contributed by atoms with Gasteiger partial charge in [-0.05, 0) is 29.2 Å². The molecule has 1 aromatic rings. The summed E-state index contributed by atoms with van der Waals surface area (Å²) in [6.07, 6.45) is 3.98. The van der Waals surface area contributed by atoms with Crippen LogP contribution in [0, 0.1) is 5.82 Å². The van der Waals surface area contributed by atoms with Gasteiger partial charge in [0.25, 0.3) is 0 Å². The molecule has 10 heteroatoms. The maximum Gasteiger partial charge on any atom is 0.414 e. The van der Waals surface area contributed by atoms with Gasteiger partial charge in [-0.1, -0.05) is 57.7 Å². The fourth-order valence-corrected chi connectivity index (χ4v) is 3.47. The second-order valence-electron chi connectivity index (χ2n) is 6.78. The number of hydrogen-bond donors (Lipinski definition) is 1. The molecule has 3 rings (SSSR count). The van der Waals surface area contributed by atoms with E-state index < -0.39 is 18.0 Å². The van der Waals surface area contributed by atoms with E-state index in [0.29, 0.717) is 40.8 Å². The molecule has 2 heterocycles. The van der Waals surface area contributed by atoms with E-state index in [-0.39, 0.29) is 6.54 Å². The van der Waals surface area contributed by atoms with Gasteiger partial charge in [-0.25, -0.2) is 9.18 Å². The molecule has 33 heavy (non-hydrogen) atoms. The molecular weight excluding hydrogens is 443 g/mol. The molecular formula is C23H35FN6O2S. The number of benzene rings is 1. The Bertz CT molecular complexity index is 863. The van der Waals surface area contributed by atoms with E-state index in [1.807, 2.05) is 19.9 Å². The number of amides is 1. The number of cyclic esters (lactones) is 1. The van der Waals surface area contributed by atoms with E-state index in [0.717, 1.165) is 0 Å². The molecule has 0 spiro atoms. The van der Waals surface area contributed by atoms with Crippen molar-refractivity contribution in [3.63, 3.8) is 0 Å². The average Bonchev–Trinajstić information content (AvgIpc) is 3.19. The van der Waals surface area contributed by atoms with Crippen LogP contribution in [0.3, 0.4) is 0 Å². The molecule has 2 aliphatic heterocycles. The number of nitrogens with two attached hydrogens (primary N) is 1. The van der Waals surface area contributed by atoms with Gasteiger partial charge >= 0.3 is 6.09 Å². The summed E-state index contributed by atoms with van der Waals surface area (Å²) in [7, 11) is 1.58. The largest absolute Gasteiger partial charge is 0.442 e. The summed E-state index contributed by atoms with van der Waals surface area (Å²) in [6, 6.07) is 4.56. The van der Waals surface area contributed by atoms with Crippen LogP contribution in [0.1, 0.15) is 39.7 Å². The van der Waals surface area contributed by atoms with Crippen molar-refractivity contribution in [1.29, 1.82) is 0 Å².